The molecule has 0 aromatic heterocycles. The SMILES string of the molecule is O=C1CCCCCCCN1c1ccccc1Cl. The maximum atomic E-state index is 12.1. The second-order valence-electron chi connectivity index (χ2n) is 4.51. The summed E-state index contributed by atoms with van der Waals surface area (Å²) < 4.78 is 0. The van der Waals surface area contributed by atoms with Gasteiger partial charge in [-0.05, 0) is 25.0 Å². The lowest BCUT2D eigenvalue weighted by molar-refractivity contribution is -0.118. The molecule has 1 heterocycles. The molecule has 1 aromatic carbocycles. The second kappa shape index (κ2) is 6.06. The number of hydrogen-bond donors (Lipinski definition) is 0. The van der Waals surface area contributed by atoms with Crippen molar-refractivity contribution in [3.63, 3.8) is 0 Å². The number of carbonyl (C=O) groups is 1. The van der Waals surface area contributed by atoms with E-state index >= 15 is 0 Å². The molecule has 0 aliphatic carbocycles. The number of carbonyl (C=O) groups excluding carboxylic acids is 1. The van der Waals surface area contributed by atoms with Crippen LogP contribution in [0.5, 0.6) is 0 Å². The van der Waals surface area contributed by atoms with E-state index < -0.39 is 0 Å². The van der Waals surface area contributed by atoms with Crippen molar-refractivity contribution in [2.75, 3.05) is 11.4 Å². The van der Waals surface area contributed by atoms with Crippen LogP contribution < -0.4 is 4.90 Å². The van der Waals surface area contributed by atoms with Crippen LogP contribution in [-0.4, -0.2) is 12.5 Å². The third-order valence-corrected chi connectivity index (χ3v) is 3.54. The number of nitrogens with zero attached hydrogens (tertiary/aromatic N) is 1. The number of anilines is 1. The molecule has 1 fully saturated rings. The van der Waals surface area contributed by atoms with E-state index in [1.165, 1.54) is 19.3 Å². The quantitative estimate of drug-likeness (QED) is 0.738. The topological polar surface area (TPSA) is 20.3 Å². The van der Waals surface area contributed by atoms with Gasteiger partial charge in [-0.25, -0.2) is 0 Å². The first kappa shape index (κ1) is 12.4. The predicted octanol–water partition coefficient (Wildman–Crippen LogP) is 4.03. The van der Waals surface area contributed by atoms with Gasteiger partial charge in [0.05, 0.1) is 10.7 Å². The van der Waals surface area contributed by atoms with E-state index in [9.17, 15) is 4.79 Å². The standard InChI is InChI=1S/C14H18ClNO/c15-12-8-5-6-9-13(12)16-11-7-3-1-2-4-10-14(16)17/h5-6,8-9H,1-4,7,10-11H2. The van der Waals surface area contributed by atoms with Crippen molar-refractivity contribution in [1.82, 2.24) is 0 Å². The van der Waals surface area contributed by atoms with Gasteiger partial charge in [0.25, 0.3) is 0 Å². The number of para-hydroxylation sites is 1. The highest BCUT2D eigenvalue weighted by molar-refractivity contribution is 6.33. The lowest BCUT2D eigenvalue weighted by Crippen LogP contribution is -2.31. The van der Waals surface area contributed by atoms with Crippen LogP contribution in [-0.2, 0) is 4.79 Å². The molecule has 0 N–H and O–H groups in total. The molecule has 1 aliphatic rings. The maximum absolute atomic E-state index is 12.1. The Morgan fingerprint density at radius 2 is 1.71 bits per heavy atom. The molecule has 3 heteroatoms. The van der Waals surface area contributed by atoms with Gasteiger partial charge in [0.2, 0.25) is 5.91 Å². The van der Waals surface area contributed by atoms with Crippen LogP contribution >= 0.6 is 11.6 Å². The summed E-state index contributed by atoms with van der Waals surface area (Å²) in [6, 6.07) is 7.60. The highest BCUT2D eigenvalue weighted by Crippen LogP contribution is 2.27. The fourth-order valence-corrected chi connectivity index (χ4v) is 2.50. The molecule has 92 valence electrons. The van der Waals surface area contributed by atoms with Gasteiger partial charge in [-0.3, -0.25) is 4.79 Å². The molecule has 0 unspecified atom stereocenters. The van der Waals surface area contributed by atoms with E-state index in [0.29, 0.717) is 11.4 Å². The van der Waals surface area contributed by atoms with Gasteiger partial charge in [-0.15, -0.1) is 0 Å². The summed E-state index contributed by atoms with van der Waals surface area (Å²) in [5, 5.41) is 0.667. The largest absolute Gasteiger partial charge is 0.311 e. The van der Waals surface area contributed by atoms with Gasteiger partial charge < -0.3 is 4.90 Å². The van der Waals surface area contributed by atoms with Gasteiger partial charge >= 0.3 is 0 Å². The molecule has 1 saturated heterocycles. The Morgan fingerprint density at radius 3 is 2.53 bits per heavy atom. The molecule has 1 aromatic rings. The average molecular weight is 252 g/mol. The molecule has 0 atom stereocenters. The van der Waals surface area contributed by atoms with Crippen molar-refractivity contribution in [3.05, 3.63) is 29.3 Å². The summed E-state index contributed by atoms with van der Waals surface area (Å²) in [5.74, 6) is 0.208. The van der Waals surface area contributed by atoms with E-state index in [2.05, 4.69) is 0 Å². The summed E-state index contributed by atoms with van der Waals surface area (Å²) in [6.07, 6.45) is 6.32. The van der Waals surface area contributed by atoms with Gasteiger partial charge in [-0.2, -0.15) is 0 Å². The lowest BCUT2D eigenvalue weighted by atomic mass is 10.1. The van der Waals surface area contributed by atoms with Crippen molar-refractivity contribution in [1.29, 1.82) is 0 Å². The van der Waals surface area contributed by atoms with Gasteiger partial charge in [0.15, 0.2) is 0 Å². The molecule has 0 saturated carbocycles. The van der Waals surface area contributed by atoms with Crippen LogP contribution in [0.15, 0.2) is 24.3 Å². The maximum Gasteiger partial charge on any atom is 0.227 e. The number of amides is 1. The number of halogens is 1. The summed E-state index contributed by atoms with van der Waals surface area (Å²) in [5.41, 5.74) is 0.862. The third-order valence-electron chi connectivity index (χ3n) is 3.22. The first-order valence-electron chi connectivity index (χ1n) is 6.34. The van der Waals surface area contributed by atoms with Crippen LogP contribution in [0.3, 0.4) is 0 Å². The molecule has 2 rings (SSSR count). The smallest absolute Gasteiger partial charge is 0.227 e. The zero-order valence-corrected chi connectivity index (χ0v) is 10.7. The Labute approximate surface area is 108 Å². The number of rotatable bonds is 1. The summed E-state index contributed by atoms with van der Waals surface area (Å²) >= 11 is 6.16. The fraction of sp³-hybridized carbons (Fsp3) is 0.500. The van der Waals surface area contributed by atoms with Crippen LogP contribution in [0, 0.1) is 0 Å². The molecule has 17 heavy (non-hydrogen) atoms. The third kappa shape index (κ3) is 3.22. The summed E-state index contributed by atoms with van der Waals surface area (Å²) in [6.45, 7) is 0.794. The highest BCUT2D eigenvalue weighted by Gasteiger charge is 2.18. The fourth-order valence-electron chi connectivity index (χ4n) is 2.26. The van der Waals surface area contributed by atoms with Crippen LogP contribution in [0.25, 0.3) is 0 Å². The Balaban J connectivity index is 2.20. The first-order chi connectivity index (χ1) is 8.29. The Hall–Kier alpha value is -1.02. The lowest BCUT2D eigenvalue weighted by Gasteiger charge is -2.23. The number of hydrogen-bond acceptors (Lipinski definition) is 1. The molecule has 2 nitrogen and oxygen atoms in total. The Morgan fingerprint density at radius 1 is 1.00 bits per heavy atom. The monoisotopic (exact) mass is 251 g/mol. The first-order valence-corrected chi connectivity index (χ1v) is 6.72. The molecule has 1 aliphatic heterocycles. The highest BCUT2D eigenvalue weighted by atomic mass is 35.5. The summed E-state index contributed by atoms with van der Waals surface area (Å²) in [7, 11) is 0. The normalized spacial score (nSPS) is 18.4. The zero-order valence-electron chi connectivity index (χ0n) is 9.99. The van der Waals surface area contributed by atoms with Gasteiger partial charge in [-0.1, -0.05) is 43.0 Å². The molecule has 1 amide bonds. The van der Waals surface area contributed by atoms with E-state index in [4.69, 9.17) is 11.6 Å². The molecular formula is C14H18ClNO. The van der Waals surface area contributed by atoms with E-state index in [-0.39, 0.29) is 5.91 Å². The second-order valence-corrected chi connectivity index (χ2v) is 4.92. The van der Waals surface area contributed by atoms with Crippen molar-refractivity contribution in [2.24, 2.45) is 0 Å². The van der Waals surface area contributed by atoms with Crippen LogP contribution in [0.2, 0.25) is 5.02 Å². The molecular weight excluding hydrogens is 234 g/mol. The van der Waals surface area contributed by atoms with Crippen LogP contribution in [0.1, 0.15) is 38.5 Å². The van der Waals surface area contributed by atoms with Crippen molar-refractivity contribution in [2.45, 2.75) is 38.5 Å². The van der Waals surface area contributed by atoms with Gasteiger partial charge in [0.1, 0.15) is 0 Å². The molecule has 0 spiro atoms. The minimum atomic E-state index is 0.208. The van der Waals surface area contributed by atoms with Crippen molar-refractivity contribution in [3.8, 4) is 0 Å². The van der Waals surface area contributed by atoms with E-state index in [1.54, 1.807) is 0 Å². The summed E-state index contributed by atoms with van der Waals surface area (Å²) in [4.78, 5) is 14.0. The van der Waals surface area contributed by atoms with E-state index in [0.717, 1.165) is 25.1 Å². The Bertz CT molecular complexity index is 392. The molecule has 0 bridgehead atoms. The molecule has 0 radical (unpaired) electrons. The minimum absolute atomic E-state index is 0.208. The number of benzene rings is 1. The zero-order chi connectivity index (χ0) is 12.1. The van der Waals surface area contributed by atoms with Gasteiger partial charge in [0, 0.05) is 13.0 Å². The van der Waals surface area contributed by atoms with Crippen molar-refractivity contribution < 1.29 is 4.79 Å². The van der Waals surface area contributed by atoms with E-state index in [1.807, 2.05) is 29.2 Å². The minimum Gasteiger partial charge on any atom is -0.311 e. The average Bonchev–Trinajstić information content (AvgIpc) is 2.43. The van der Waals surface area contributed by atoms with Crippen molar-refractivity contribution >= 4 is 23.2 Å². The van der Waals surface area contributed by atoms with Crippen LogP contribution in [0.4, 0.5) is 5.69 Å². The Kier molecular flexibility index (Phi) is 4.43. The predicted molar refractivity (Wildman–Crippen MR) is 71.5 cm³/mol.